The van der Waals surface area contributed by atoms with E-state index < -0.39 is 10.5 Å². The Labute approximate surface area is 113 Å². The van der Waals surface area contributed by atoms with Gasteiger partial charge in [0.1, 0.15) is 11.9 Å². The number of anilines is 1. The highest BCUT2D eigenvalue weighted by atomic mass is 35.5. The fourth-order valence-electron chi connectivity index (χ4n) is 1.97. The molecule has 0 bridgehead atoms. The molecule has 2 heterocycles. The lowest BCUT2D eigenvalue weighted by atomic mass is 9.99. The van der Waals surface area contributed by atoms with Gasteiger partial charge in [0.15, 0.2) is 0 Å². The molecule has 1 amide bonds. The molecule has 9 heteroatoms. The van der Waals surface area contributed by atoms with Gasteiger partial charge in [-0.3, -0.25) is 14.9 Å². The van der Waals surface area contributed by atoms with Crippen LogP contribution in [-0.4, -0.2) is 39.4 Å². The summed E-state index contributed by atoms with van der Waals surface area (Å²) >= 11 is 5.75. The predicted molar refractivity (Wildman–Crippen MR) is 68.1 cm³/mol. The van der Waals surface area contributed by atoms with Crippen LogP contribution in [0.1, 0.15) is 13.8 Å². The van der Waals surface area contributed by atoms with Gasteiger partial charge in [0, 0.05) is 13.1 Å². The number of nitrogens with zero attached hydrogens (tertiary/aromatic N) is 4. The summed E-state index contributed by atoms with van der Waals surface area (Å²) in [4.78, 5) is 31.4. The van der Waals surface area contributed by atoms with Gasteiger partial charge in [-0.25, -0.2) is 9.97 Å². The van der Waals surface area contributed by atoms with Crippen LogP contribution in [0.4, 0.5) is 11.5 Å². The second-order valence-electron chi connectivity index (χ2n) is 4.56. The van der Waals surface area contributed by atoms with E-state index in [9.17, 15) is 14.9 Å². The highest BCUT2D eigenvalue weighted by Gasteiger charge is 2.42. The second-order valence-corrected chi connectivity index (χ2v) is 4.92. The normalized spacial score (nSPS) is 18.1. The zero-order valence-electron chi connectivity index (χ0n) is 10.4. The molecular weight excluding hydrogens is 274 g/mol. The molecule has 8 nitrogen and oxygen atoms in total. The fourth-order valence-corrected chi connectivity index (χ4v) is 2.17. The SMILES string of the molecule is CC1(C)C(=O)NCCN1c1ncnc(Cl)c1[N+](=O)[O-]. The number of rotatable bonds is 2. The van der Waals surface area contributed by atoms with Crippen molar-refractivity contribution >= 4 is 29.0 Å². The highest BCUT2D eigenvalue weighted by Crippen LogP contribution is 2.35. The Morgan fingerprint density at radius 3 is 2.84 bits per heavy atom. The third-order valence-corrected chi connectivity index (χ3v) is 3.32. The molecule has 0 aromatic carbocycles. The van der Waals surface area contributed by atoms with Crippen LogP contribution in [0.15, 0.2) is 6.33 Å². The first-order valence-corrected chi connectivity index (χ1v) is 5.94. The van der Waals surface area contributed by atoms with E-state index in [-0.39, 0.29) is 22.6 Å². The number of halogens is 1. The zero-order chi connectivity index (χ0) is 14.2. The lowest BCUT2D eigenvalue weighted by Crippen LogP contribution is -2.62. The first-order valence-electron chi connectivity index (χ1n) is 5.56. The quantitative estimate of drug-likeness (QED) is 0.489. The minimum Gasteiger partial charge on any atom is -0.352 e. The van der Waals surface area contributed by atoms with Gasteiger partial charge in [-0.15, -0.1) is 0 Å². The van der Waals surface area contributed by atoms with Crippen LogP contribution in [0.5, 0.6) is 0 Å². The maximum absolute atomic E-state index is 11.9. The van der Waals surface area contributed by atoms with Crippen LogP contribution in [0.3, 0.4) is 0 Å². The van der Waals surface area contributed by atoms with Gasteiger partial charge in [-0.05, 0) is 13.8 Å². The first kappa shape index (κ1) is 13.5. The predicted octanol–water partition coefficient (Wildman–Crippen LogP) is 0.753. The average molecular weight is 286 g/mol. The Balaban J connectivity index is 2.55. The summed E-state index contributed by atoms with van der Waals surface area (Å²) < 4.78 is 0. The highest BCUT2D eigenvalue weighted by molar-refractivity contribution is 6.31. The largest absolute Gasteiger partial charge is 0.352 e. The van der Waals surface area contributed by atoms with E-state index in [1.807, 2.05) is 0 Å². The summed E-state index contributed by atoms with van der Waals surface area (Å²) in [6.07, 6.45) is 1.15. The van der Waals surface area contributed by atoms with Crippen LogP contribution in [0.2, 0.25) is 5.15 Å². The molecule has 1 aromatic rings. The van der Waals surface area contributed by atoms with Gasteiger partial charge in [0.25, 0.3) is 0 Å². The van der Waals surface area contributed by atoms with Crippen LogP contribution in [-0.2, 0) is 4.79 Å². The molecule has 0 spiro atoms. The van der Waals surface area contributed by atoms with Crippen molar-refractivity contribution in [1.82, 2.24) is 15.3 Å². The van der Waals surface area contributed by atoms with E-state index in [4.69, 9.17) is 11.6 Å². The number of hydrogen-bond donors (Lipinski definition) is 1. The number of nitro groups is 1. The van der Waals surface area contributed by atoms with Crippen LogP contribution in [0, 0.1) is 10.1 Å². The molecule has 0 aliphatic carbocycles. The summed E-state index contributed by atoms with van der Waals surface area (Å²) in [6.45, 7) is 4.14. The number of aromatic nitrogens is 2. The number of hydrogen-bond acceptors (Lipinski definition) is 6. The smallest absolute Gasteiger partial charge is 0.348 e. The number of amides is 1. The lowest BCUT2D eigenvalue weighted by Gasteiger charge is -2.41. The second kappa shape index (κ2) is 4.61. The molecule has 1 fully saturated rings. The third kappa shape index (κ3) is 2.19. The van der Waals surface area contributed by atoms with E-state index in [0.717, 1.165) is 6.33 Å². The Kier molecular flexibility index (Phi) is 3.27. The van der Waals surface area contributed by atoms with E-state index in [1.165, 1.54) is 0 Å². The molecule has 1 aromatic heterocycles. The molecule has 1 aliphatic heterocycles. The van der Waals surface area contributed by atoms with Crippen molar-refractivity contribution in [2.45, 2.75) is 19.4 Å². The first-order chi connectivity index (χ1) is 8.85. The summed E-state index contributed by atoms with van der Waals surface area (Å²) in [7, 11) is 0. The van der Waals surface area contributed by atoms with E-state index in [2.05, 4.69) is 15.3 Å². The van der Waals surface area contributed by atoms with Crippen molar-refractivity contribution < 1.29 is 9.72 Å². The van der Waals surface area contributed by atoms with Gasteiger partial charge in [0.2, 0.25) is 16.9 Å². The molecular formula is C10H12ClN5O3. The molecule has 1 saturated heterocycles. The lowest BCUT2D eigenvalue weighted by molar-refractivity contribution is -0.384. The van der Waals surface area contributed by atoms with Crippen molar-refractivity contribution in [2.24, 2.45) is 0 Å². The number of piperazine rings is 1. The summed E-state index contributed by atoms with van der Waals surface area (Å²) in [5.41, 5.74) is -1.33. The van der Waals surface area contributed by atoms with Crippen LogP contribution >= 0.6 is 11.6 Å². The Hall–Kier alpha value is -1.96. The molecule has 102 valence electrons. The molecule has 19 heavy (non-hydrogen) atoms. The summed E-state index contributed by atoms with van der Waals surface area (Å²) in [6, 6.07) is 0. The molecule has 0 radical (unpaired) electrons. The van der Waals surface area contributed by atoms with Gasteiger partial charge in [-0.1, -0.05) is 11.6 Å². The van der Waals surface area contributed by atoms with Crippen molar-refractivity contribution in [3.8, 4) is 0 Å². The molecule has 0 unspecified atom stereocenters. The van der Waals surface area contributed by atoms with Gasteiger partial charge in [0.05, 0.1) is 4.92 Å². The third-order valence-electron chi connectivity index (χ3n) is 3.05. The van der Waals surface area contributed by atoms with Gasteiger partial charge >= 0.3 is 5.69 Å². The Morgan fingerprint density at radius 1 is 1.53 bits per heavy atom. The maximum Gasteiger partial charge on any atom is 0.348 e. The van der Waals surface area contributed by atoms with Crippen LogP contribution in [0.25, 0.3) is 0 Å². The van der Waals surface area contributed by atoms with Crippen LogP contribution < -0.4 is 10.2 Å². The number of nitrogens with one attached hydrogen (secondary N) is 1. The summed E-state index contributed by atoms with van der Waals surface area (Å²) in [5, 5.41) is 13.6. The topological polar surface area (TPSA) is 101 Å². The molecule has 0 atom stereocenters. The Morgan fingerprint density at radius 2 is 2.21 bits per heavy atom. The standard InChI is InChI=1S/C10H12ClN5O3/c1-10(2)9(17)12-3-4-15(10)8-6(16(18)19)7(11)13-5-14-8/h5H,3-4H2,1-2H3,(H,12,17). The minimum atomic E-state index is -0.944. The molecule has 2 rings (SSSR count). The molecule has 1 N–H and O–H groups in total. The van der Waals surface area contributed by atoms with Gasteiger partial charge < -0.3 is 10.2 Å². The van der Waals surface area contributed by atoms with Crippen molar-refractivity contribution in [2.75, 3.05) is 18.0 Å². The van der Waals surface area contributed by atoms with Gasteiger partial charge in [-0.2, -0.15) is 0 Å². The number of carbonyl (C=O) groups is 1. The van der Waals surface area contributed by atoms with Crippen molar-refractivity contribution in [3.05, 3.63) is 21.6 Å². The Bertz CT molecular complexity index is 548. The molecule has 0 saturated carbocycles. The monoisotopic (exact) mass is 285 g/mol. The van der Waals surface area contributed by atoms with E-state index in [0.29, 0.717) is 13.1 Å². The molecule has 1 aliphatic rings. The number of carbonyl (C=O) groups excluding carboxylic acids is 1. The van der Waals surface area contributed by atoms with E-state index in [1.54, 1.807) is 18.7 Å². The fraction of sp³-hybridized carbons (Fsp3) is 0.500. The summed E-state index contributed by atoms with van der Waals surface area (Å²) in [5.74, 6) is -0.160. The van der Waals surface area contributed by atoms with Crippen molar-refractivity contribution in [3.63, 3.8) is 0 Å². The zero-order valence-corrected chi connectivity index (χ0v) is 11.1. The minimum absolute atomic E-state index is 0.0600. The van der Waals surface area contributed by atoms with E-state index >= 15 is 0 Å². The maximum atomic E-state index is 11.9. The average Bonchev–Trinajstić information content (AvgIpc) is 2.31. The van der Waals surface area contributed by atoms with Crippen molar-refractivity contribution in [1.29, 1.82) is 0 Å².